The van der Waals surface area contributed by atoms with Crippen LogP contribution in [0.3, 0.4) is 0 Å². The highest BCUT2D eigenvalue weighted by Crippen LogP contribution is 2.60. The molecule has 0 aromatic heterocycles. The van der Waals surface area contributed by atoms with Gasteiger partial charge >= 0.3 is 0 Å². The summed E-state index contributed by atoms with van der Waals surface area (Å²) in [5.74, 6) is 2.00. The van der Waals surface area contributed by atoms with E-state index in [2.05, 4.69) is 157 Å². The third kappa shape index (κ3) is 4.73. The molecule has 1 aliphatic heterocycles. The zero-order valence-corrected chi connectivity index (χ0v) is 28.1. The second-order valence-electron chi connectivity index (χ2n) is 14.8. The van der Waals surface area contributed by atoms with Gasteiger partial charge < -0.3 is 4.90 Å². The van der Waals surface area contributed by atoms with Gasteiger partial charge in [-0.3, -0.25) is 0 Å². The van der Waals surface area contributed by atoms with Crippen LogP contribution in [0.1, 0.15) is 88.8 Å². The van der Waals surface area contributed by atoms with Crippen LogP contribution in [0.2, 0.25) is 0 Å². The van der Waals surface area contributed by atoms with E-state index < -0.39 is 0 Å². The highest BCUT2D eigenvalue weighted by molar-refractivity contribution is 5.87. The van der Waals surface area contributed by atoms with Crippen molar-refractivity contribution in [3.8, 4) is 0 Å². The smallest absolute Gasteiger partial charge is 0.0598 e. The van der Waals surface area contributed by atoms with Crippen molar-refractivity contribution in [3.05, 3.63) is 185 Å². The zero-order chi connectivity index (χ0) is 32.3. The van der Waals surface area contributed by atoms with Gasteiger partial charge in [-0.15, -0.1) is 0 Å². The summed E-state index contributed by atoms with van der Waals surface area (Å²) >= 11 is 0. The molecule has 10 rings (SSSR count). The minimum atomic E-state index is 0.266. The van der Waals surface area contributed by atoms with Crippen LogP contribution in [-0.2, 0) is 6.42 Å². The van der Waals surface area contributed by atoms with Crippen molar-refractivity contribution >= 4 is 28.6 Å². The summed E-state index contributed by atoms with van der Waals surface area (Å²) in [6.07, 6.45) is 44.5. The molecule has 240 valence electrons. The number of para-hydroxylation sites is 1. The number of anilines is 2. The first-order valence-electron chi connectivity index (χ1n) is 18.6. The van der Waals surface area contributed by atoms with Crippen LogP contribution in [0.5, 0.6) is 0 Å². The average molecular weight is 634 g/mol. The van der Waals surface area contributed by atoms with E-state index in [-0.39, 0.29) is 6.04 Å². The van der Waals surface area contributed by atoms with Crippen molar-refractivity contribution in [2.75, 3.05) is 4.90 Å². The second-order valence-corrected chi connectivity index (χ2v) is 14.8. The molecule has 0 bridgehead atoms. The molecular formula is C48H43N. The van der Waals surface area contributed by atoms with Crippen LogP contribution < -0.4 is 4.90 Å². The Hall–Kier alpha value is -4.88. The quantitative estimate of drug-likeness (QED) is 0.258. The molecule has 0 saturated carbocycles. The first-order chi connectivity index (χ1) is 24.3. The Kier molecular flexibility index (Phi) is 7.07. The Bertz CT molecular complexity index is 2120. The number of benzene rings is 3. The van der Waals surface area contributed by atoms with Gasteiger partial charge in [0.05, 0.1) is 6.04 Å². The SMILES string of the molecule is C1=CCCC(c2ccc(N3c4ccccc4C4C5c6cc(C7C=CC=CC7)ccc6C(C6C=CC=CC6)=CC5C=CC43)c3c2CCC=C3)=C1. The number of nitrogens with zero attached hydrogens (tertiary/aromatic N) is 1. The molecule has 3 aromatic rings. The zero-order valence-electron chi connectivity index (χ0n) is 28.1. The maximum atomic E-state index is 2.71. The number of hydrogen-bond donors (Lipinski definition) is 0. The molecule has 6 aliphatic carbocycles. The van der Waals surface area contributed by atoms with Gasteiger partial charge in [0.1, 0.15) is 0 Å². The van der Waals surface area contributed by atoms with Crippen LogP contribution in [0.25, 0.3) is 17.2 Å². The third-order valence-electron chi connectivity index (χ3n) is 12.3. The van der Waals surface area contributed by atoms with E-state index in [0.717, 1.165) is 38.5 Å². The summed E-state index contributed by atoms with van der Waals surface area (Å²) in [5.41, 5.74) is 16.1. The summed E-state index contributed by atoms with van der Waals surface area (Å²) in [5, 5.41) is 0. The Labute approximate surface area is 291 Å². The Morgan fingerprint density at radius 2 is 1.45 bits per heavy atom. The molecule has 0 fully saturated rings. The van der Waals surface area contributed by atoms with Gasteiger partial charge in [0, 0.05) is 46.5 Å². The van der Waals surface area contributed by atoms with Gasteiger partial charge in [0.15, 0.2) is 0 Å². The standard InChI is InChI=1S/C48H43N/c1-4-14-32(15-5-1)35-24-26-39-42(34-18-8-3-9-19-34)31-36-25-28-46-48(47(36)43(39)30-35)41-22-12-13-23-44(41)49(46)45-29-27-37(33-16-6-2-7-17-33)38-20-10-11-21-40(38)45/h1-6,8-9,11-14,16,18,21-32,34,36,46-48H,7,10,15,17,19-20H2. The predicted octanol–water partition coefficient (Wildman–Crippen LogP) is 12.1. The lowest BCUT2D eigenvalue weighted by molar-refractivity contribution is 0.434. The van der Waals surface area contributed by atoms with Crippen LogP contribution in [0.4, 0.5) is 11.4 Å². The fourth-order valence-corrected chi connectivity index (χ4v) is 10.0. The van der Waals surface area contributed by atoms with E-state index >= 15 is 0 Å². The number of fused-ring (bicyclic) bond motifs is 8. The minimum Gasteiger partial charge on any atom is -0.333 e. The number of rotatable bonds is 4. The molecule has 6 atom stereocenters. The minimum absolute atomic E-state index is 0.266. The Morgan fingerprint density at radius 1 is 0.612 bits per heavy atom. The van der Waals surface area contributed by atoms with Crippen LogP contribution in [-0.4, -0.2) is 6.04 Å². The van der Waals surface area contributed by atoms with Gasteiger partial charge in [0.2, 0.25) is 0 Å². The monoisotopic (exact) mass is 633 g/mol. The number of allylic oxidation sites excluding steroid dienone is 16. The normalized spacial score (nSPS) is 28.4. The molecule has 1 heteroatoms. The molecule has 0 saturated heterocycles. The van der Waals surface area contributed by atoms with Gasteiger partial charge in [-0.25, -0.2) is 0 Å². The highest BCUT2D eigenvalue weighted by atomic mass is 15.2. The van der Waals surface area contributed by atoms with Crippen molar-refractivity contribution < 1.29 is 0 Å². The van der Waals surface area contributed by atoms with Crippen LogP contribution >= 0.6 is 0 Å². The highest BCUT2D eigenvalue weighted by Gasteiger charge is 2.49. The molecule has 0 N–H and O–H groups in total. The van der Waals surface area contributed by atoms with Crippen molar-refractivity contribution in [2.24, 2.45) is 11.8 Å². The van der Waals surface area contributed by atoms with Gasteiger partial charge in [0.25, 0.3) is 0 Å². The molecular weight excluding hydrogens is 591 g/mol. The fourth-order valence-electron chi connectivity index (χ4n) is 10.0. The second kappa shape index (κ2) is 11.9. The Morgan fingerprint density at radius 3 is 2.29 bits per heavy atom. The van der Waals surface area contributed by atoms with Crippen LogP contribution in [0, 0.1) is 11.8 Å². The molecule has 0 amide bonds. The van der Waals surface area contributed by atoms with Crippen LogP contribution in [0.15, 0.2) is 146 Å². The largest absolute Gasteiger partial charge is 0.333 e. The molecule has 1 heterocycles. The van der Waals surface area contributed by atoms with E-state index in [0.29, 0.717) is 29.6 Å². The summed E-state index contributed by atoms with van der Waals surface area (Å²) in [6.45, 7) is 0. The van der Waals surface area contributed by atoms with Crippen molar-refractivity contribution in [1.82, 2.24) is 0 Å². The van der Waals surface area contributed by atoms with Gasteiger partial charge in [-0.1, -0.05) is 140 Å². The van der Waals surface area contributed by atoms with E-state index in [1.165, 1.54) is 55.9 Å². The number of hydrogen-bond acceptors (Lipinski definition) is 1. The molecule has 0 spiro atoms. The topological polar surface area (TPSA) is 3.24 Å². The average Bonchev–Trinajstić information content (AvgIpc) is 3.52. The lowest BCUT2D eigenvalue weighted by atomic mass is 9.62. The predicted molar refractivity (Wildman–Crippen MR) is 207 cm³/mol. The summed E-state index contributed by atoms with van der Waals surface area (Å²) in [6, 6.07) is 22.0. The van der Waals surface area contributed by atoms with Crippen molar-refractivity contribution in [2.45, 2.75) is 62.3 Å². The first-order valence-corrected chi connectivity index (χ1v) is 18.6. The maximum absolute atomic E-state index is 2.71. The third-order valence-corrected chi connectivity index (χ3v) is 12.3. The molecule has 7 aliphatic rings. The van der Waals surface area contributed by atoms with E-state index in [1.807, 2.05) is 0 Å². The Balaban J connectivity index is 1.13. The lowest BCUT2D eigenvalue weighted by Gasteiger charge is -2.43. The van der Waals surface area contributed by atoms with E-state index in [4.69, 9.17) is 0 Å². The van der Waals surface area contributed by atoms with Gasteiger partial charge in [-0.05, 0) is 95.2 Å². The fraction of sp³-hybridized carbons (Fsp3) is 0.250. The molecule has 49 heavy (non-hydrogen) atoms. The summed E-state index contributed by atoms with van der Waals surface area (Å²) in [7, 11) is 0. The molecule has 0 radical (unpaired) electrons. The molecule has 6 unspecified atom stereocenters. The summed E-state index contributed by atoms with van der Waals surface area (Å²) < 4.78 is 0. The van der Waals surface area contributed by atoms with E-state index in [9.17, 15) is 0 Å². The van der Waals surface area contributed by atoms with Gasteiger partial charge in [-0.2, -0.15) is 0 Å². The molecule has 1 nitrogen and oxygen atoms in total. The summed E-state index contributed by atoms with van der Waals surface area (Å²) in [4.78, 5) is 2.71. The first kappa shape index (κ1) is 29.1. The van der Waals surface area contributed by atoms with Crippen molar-refractivity contribution in [3.63, 3.8) is 0 Å². The van der Waals surface area contributed by atoms with Crippen molar-refractivity contribution in [1.29, 1.82) is 0 Å². The van der Waals surface area contributed by atoms with E-state index in [1.54, 1.807) is 5.56 Å². The lowest BCUT2D eigenvalue weighted by Crippen LogP contribution is -2.37. The molecule has 3 aromatic carbocycles. The maximum Gasteiger partial charge on any atom is 0.0598 e.